The molecule has 0 aliphatic carbocycles. The van der Waals surface area contributed by atoms with Crippen LogP contribution in [-0.4, -0.2) is 31.0 Å². The van der Waals surface area contributed by atoms with Gasteiger partial charge >= 0.3 is 0 Å². The van der Waals surface area contributed by atoms with Crippen molar-refractivity contribution in [3.63, 3.8) is 0 Å². The highest BCUT2D eigenvalue weighted by atomic mass is 15.6. The van der Waals surface area contributed by atoms with E-state index in [-0.39, 0.29) is 0 Å². The first-order chi connectivity index (χ1) is 5.31. The van der Waals surface area contributed by atoms with Crippen LogP contribution >= 0.6 is 0 Å². The summed E-state index contributed by atoms with van der Waals surface area (Å²) in [6, 6.07) is 0. The minimum absolute atomic E-state index is 0.292. The van der Waals surface area contributed by atoms with Crippen molar-refractivity contribution >= 4 is 6.21 Å². The molecule has 4 heteroatoms. The Morgan fingerprint density at radius 1 is 1.45 bits per heavy atom. The van der Waals surface area contributed by atoms with Crippen molar-refractivity contribution < 1.29 is 0 Å². The fourth-order valence-electron chi connectivity index (χ4n) is 1.81. The zero-order chi connectivity index (χ0) is 7.73. The monoisotopic (exact) mass is 154 g/mol. The first-order valence-corrected chi connectivity index (χ1v) is 4.09. The van der Waals surface area contributed by atoms with Crippen LogP contribution in [-0.2, 0) is 0 Å². The van der Waals surface area contributed by atoms with Crippen molar-refractivity contribution in [1.82, 2.24) is 10.4 Å². The van der Waals surface area contributed by atoms with E-state index in [0.717, 1.165) is 19.6 Å². The van der Waals surface area contributed by atoms with Crippen LogP contribution in [0.4, 0.5) is 0 Å². The zero-order valence-corrected chi connectivity index (χ0v) is 6.58. The smallest absolute Gasteiger partial charge is 0.0638 e. The standard InChI is InChI=1S/C7H14N4/c8-11-6-7(5-10-11)1-3-9-4-2-7/h5,9H,1-4,6,8H2. The maximum absolute atomic E-state index is 5.56. The van der Waals surface area contributed by atoms with Gasteiger partial charge in [-0.15, -0.1) is 0 Å². The summed E-state index contributed by atoms with van der Waals surface area (Å²) in [6.07, 6.45) is 4.36. The van der Waals surface area contributed by atoms with Gasteiger partial charge in [-0.25, -0.2) is 11.0 Å². The van der Waals surface area contributed by atoms with Gasteiger partial charge in [0.15, 0.2) is 0 Å². The normalized spacial score (nSPS) is 28.3. The fourth-order valence-corrected chi connectivity index (χ4v) is 1.81. The molecule has 0 aromatic heterocycles. The molecule has 2 heterocycles. The highest BCUT2D eigenvalue weighted by Gasteiger charge is 2.35. The number of nitrogens with zero attached hydrogens (tertiary/aromatic N) is 2. The van der Waals surface area contributed by atoms with E-state index >= 15 is 0 Å². The molecular weight excluding hydrogens is 140 g/mol. The number of hydrazine groups is 1. The Labute approximate surface area is 66.4 Å². The highest BCUT2D eigenvalue weighted by Crippen LogP contribution is 2.30. The van der Waals surface area contributed by atoms with E-state index in [0.29, 0.717) is 5.41 Å². The van der Waals surface area contributed by atoms with Gasteiger partial charge in [0.2, 0.25) is 0 Å². The molecule has 0 aromatic rings. The van der Waals surface area contributed by atoms with Crippen molar-refractivity contribution in [3.05, 3.63) is 0 Å². The van der Waals surface area contributed by atoms with Crippen molar-refractivity contribution in [2.75, 3.05) is 19.6 Å². The summed E-state index contributed by atoms with van der Waals surface area (Å²) in [4.78, 5) is 0. The van der Waals surface area contributed by atoms with Crippen LogP contribution in [0, 0.1) is 5.41 Å². The van der Waals surface area contributed by atoms with Crippen LogP contribution in [0.5, 0.6) is 0 Å². The molecule has 2 aliphatic rings. The van der Waals surface area contributed by atoms with Crippen LogP contribution in [0.25, 0.3) is 0 Å². The second kappa shape index (κ2) is 2.46. The topological polar surface area (TPSA) is 53.6 Å². The minimum atomic E-state index is 0.292. The Kier molecular flexibility index (Phi) is 1.58. The number of hydrazone groups is 1. The Morgan fingerprint density at radius 3 is 2.73 bits per heavy atom. The van der Waals surface area contributed by atoms with Gasteiger partial charge in [-0.05, 0) is 25.9 Å². The zero-order valence-electron chi connectivity index (χ0n) is 6.58. The quantitative estimate of drug-likeness (QED) is 0.464. The Bertz CT molecular complexity index is 171. The van der Waals surface area contributed by atoms with Crippen LogP contribution < -0.4 is 11.2 Å². The molecule has 4 nitrogen and oxygen atoms in total. The number of nitrogens with two attached hydrogens (primary N) is 1. The van der Waals surface area contributed by atoms with E-state index < -0.39 is 0 Å². The van der Waals surface area contributed by atoms with Crippen LogP contribution in [0.15, 0.2) is 5.10 Å². The predicted molar refractivity (Wildman–Crippen MR) is 43.9 cm³/mol. The molecule has 0 unspecified atom stereocenters. The van der Waals surface area contributed by atoms with Gasteiger partial charge in [0, 0.05) is 11.6 Å². The molecule has 3 N–H and O–H groups in total. The van der Waals surface area contributed by atoms with E-state index in [9.17, 15) is 0 Å². The maximum Gasteiger partial charge on any atom is 0.0638 e. The van der Waals surface area contributed by atoms with Gasteiger partial charge in [-0.1, -0.05) is 0 Å². The van der Waals surface area contributed by atoms with Crippen molar-refractivity contribution in [1.29, 1.82) is 0 Å². The number of hydrogen-bond donors (Lipinski definition) is 2. The number of piperidine rings is 1. The summed E-state index contributed by atoms with van der Waals surface area (Å²) in [5.74, 6) is 5.56. The molecular formula is C7H14N4. The number of rotatable bonds is 0. The summed E-state index contributed by atoms with van der Waals surface area (Å²) in [5, 5.41) is 8.95. The number of hydrogen-bond acceptors (Lipinski definition) is 4. The summed E-state index contributed by atoms with van der Waals surface area (Å²) < 4.78 is 0. The first kappa shape index (κ1) is 7.06. The molecule has 2 rings (SSSR count). The molecule has 0 saturated carbocycles. The van der Waals surface area contributed by atoms with Gasteiger partial charge in [0.05, 0.1) is 6.54 Å². The molecule has 62 valence electrons. The molecule has 11 heavy (non-hydrogen) atoms. The predicted octanol–water partition coefficient (Wildman–Crippen LogP) is -0.469. The maximum atomic E-state index is 5.56. The van der Waals surface area contributed by atoms with Gasteiger partial charge in [-0.2, -0.15) is 5.10 Å². The summed E-state index contributed by atoms with van der Waals surface area (Å²) in [6.45, 7) is 3.09. The third-order valence-corrected chi connectivity index (χ3v) is 2.56. The van der Waals surface area contributed by atoms with Crippen molar-refractivity contribution in [3.8, 4) is 0 Å². The highest BCUT2D eigenvalue weighted by molar-refractivity contribution is 5.67. The van der Waals surface area contributed by atoms with E-state index in [1.54, 1.807) is 5.12 Å². The average Bonchev–Trinajstić information content (AvgIpc) is 2.34. The lowest BCUT2D eigenvalue weighted by Crippen LogP contribution is -2.41. The molecule has 1 saturated heterocycles. The van der Waals surface area contributed by atoms with Gasteiger partial charge < -0.3 is 5.32 Å². The van der Waals surface area contributed by atoms with Crippen molar-refractivity contribution in [2.45, 2.75) is 12.8 Å². The molecule has 0 amide bonds. The fraction of sp³-hybridized carbons (Fsp3) is 0.857. The third kappa shape index (κ3) is 1.23. The minimum Gasteiger partial charge on any atom is -0.317 e. The Morgan fingerprint density at radius 2 is 2.18 bits per heavy atom. The molecule has 1 spiro atoms. The summed E-state index contributed by atoms with van der Waals surface area (Å²) >= 11 is 0. The summed E-state index contributed by atoms with van der Waals surface area (Å²) in [5.41, 5.74) is 0.292. The second-order valence-electron chi connectivity index (χ2n) is 3.45. The molecule has 0 radical (unpaired) electrons. The third-order valence-electron chi connectivity index (χ3n) is 2.56. The largest absolute Gasteiger partial charge is 0.317 e. The summed E-state index contributed by atoms with van der Waals surface area (Å²) in [7, 11) is 0. The SMILES string of the molecule is NN1CC2(C=N1)CCNCC2. The average molecular weight is 154 g/mol. The van der Waals surface area contributed by atoms with E-state index in [4.69, 9.17) is 5.84 Å². The van der Waals surface area contributed by atoms with E-state index in [2.05, 4.69) is 10.4 Å². The Hall–Kier alpha value is -0.610. The van der Waals surface area contributed by atoms with Gasteiger partial charge in [-0.3, -0.25) is 0 Å². The van der Waals surface area contributed by atoms with Crippen LogP contribution in [0.2, 0.25) is 0 Å². The van der Waals surface area contributed by atoms with E-state index in [1.165, 1.54) is 12.8 Å². The first-order valence-electron chi connectivity index (χ1n) is 4.09. The lowest BCUT2D eigenvalue weighted by molar-refractivity contribution is 0.213. The van der Waals surface area contributed by atoms with Crippen LogP contribution in [0.1, 0.15) is 12.8 Å². The van der Waals surface area contributed by atoms with Gasteiger partial charge in [0.25, 0.3) is 0 Å². The molecule has 1 fully saturated rings. The molecule has 0 bridgehead atoms. The lowest BCUT2D eigenvalue weighted by atomic mass is 9.81. The van der Waals surface area contributed by atoms with Crippen molar-refractivity contribution in [2.24, 2.45) is 16.4 Å². The molecule has 2 aliphatic heterocycles. The van der Waals surface area contributed by atoms with Crippen LogP contribution in [0.3, 0.4) is 0 Å². The second-order valence-corrected chi connectivity index (χ2v) is 3.45. The molecule has 0 atom stereocenters. The Balaban J connectivity index is 2.05. The lowest BCUT2D eigenvalue weighted by Gasteiger charge is -2.30. The van der Waals surface area contributed by atoms with Gasteiger partial charge in [0.1, 0.15) is 0 Å². The van der Waals surface area contributed by atoms with E-state index in [1.807, 2.05) is 6.21 Å². The molecule has 0 aromatic carbocycles. The number of nitrogens with one attached hydrogen (secondary N) is 1.